The average Bonchev–Trinajstić information content (AvgIpc) is 3.29. The topological polar surface area (TPSA) is 111 Å². The van der Waals surface area contributed by atoms with Crippen molar-refractivity contribution in [3.8, 4) is 0 Å². The van der Waals surface area contributed by atoms with Gasteiger partial charge in [0, 0.05) is 38.4 Å². The molecule has 9 nitrogen and oxygen atoms in total. The lowest BCUT2D eigenvalue weighted by Gasteiger charge is -2.26. The number of nitrogens with zero attached hydrogens (tertiary/aromatic N) is 7. The molecule has 0 radical (unpaired) electrons. The highest BCUT2D eigenvalue weighted by Gasteiger charge is 2.30. The molecule has 1 aliphatic rings. The summed E-state index contributed by atoms with van der Waals surface area (Å²) < 4.78 is 3.40. The molecule has 0 saturated carbocycles. The highest BCUT2D eigenvalue weighted by molar-refractivity contribution is 5.86. The fourth-order valence-electron chi connectivity index (χ4n) is 3.51. The molecular formula is C16H22N8O. The van der Waals surface area contributed by atoms with Crippen molar-refractivity contribution < 1.29 is 5.11 Å². The number of hydrogen-bond acceptors (Lipinski definition) is 7. The lowest BCUT2D eigenvalue weighted by atomic mass is 10.0. The Morgan fingerprint density at radius 2 is 2.12 bits per heavy atom. The van der Waals surface area contributed by atoms with E-state index in [9.17, 15) is 5.11 Å². The lowest BCUT2D eigenvalue weighted by Crippen LogP contribution is -2.32. The molecule has 0 amide bonds. The van der Waals surface area contributed by atoms with Gasteiger partial charge in [-0.1, -0.05) is 0 Å². The quantitative estimate of drug-likeness (QED) is 0.720. The third-order valence-electron chi connectivity index (χ3n) is 4.85. The van der Waals surface area contributed by atoms with Crippen LogP contribution >= 0.6 is 0 Å². The Morgan fingerprint density at radius 3 is 2.88 bits per heavy atom. The number of nitrogen functional groups attached to an aromatic ring is 1. The van der Waals surface area contributed by atoms with Crippen LogP contribution < -0.4 is 10.6 Å². The zero-order chi connectivity index (χ0) is 17.6. The molecule has 3 aromatic heterocycles. The van der Waals surface area contributed by atoms with E-state index in [0.29, 0.717) is 18.2 Å². The summed E-state index contributed by atoms with van der Waals surface area (Å²) in [6.45, 7) is 0.854. The zero-order valence-electron chi connectivity index (χ0n) is 14.4. The molecule has 0 unspecified atom stereocenters. The van der Waals surface area contributed by atoms with Crippen molar-refractivity contribution in [3.63, 3.8) is 0 Å². The molecule has 132 valence electrons. The van der Waals surface area contributed by atoms with Gasteiger partial charge in [-0.25, -0.2) is 0 Å². The summed E-state index contributed by atoms with van der Waals surface area (Å²) in [5.41, 5.74) is 7.64. The minimum absolute atomic E-state index is 0.167. The largest absolute Gasteiger partial charge is 0.388 e. The first-order valence-electron chi connectivity index (χ1n) is 8.41. The van der Waals surface area contributed by atoms with Gasteiger partial charge in [0.2, 0.25) is 5.95 Å². The van der Waals surface area contributed by atoms with Gasteiger partial charge in [0.05, 0.1) is 23.9 Å². The van der Waals surface area contributed by atoms with E-state index in [2.05, 4.69) is 25.1 Å². The number of anilines is 2. The van der Waals surface area contributed by atoms with E-state index in [0.717, 1.165) is 36.0 Å². The van der Waals surface area contributed by atoms with Crippen LogP contribution in [-0.2, 0) is 14.1 Å². The van der Waals surface area contributed by atoms with Crippen molar-refractivity contribution in [1.29, 1.82) is 0 Å². The molecule has 1 saturated heterocycles. The second kappa shape index (κ2) is 5.99. The number of aromatic nitrogens is 6. The highest BCUT2D eigenvalue weighted by atomic mass is 16.3. The Labute approximate surface area is 145 Å². The monoisotopic (exact) mass is 342 g/mol. The van der Waals surface area contributed by atoms with Crippen LogP contribution in [0, 0.1) is 0 Å². The lowest BCUT2D eigenvalue weighted by molar-refractivity contribution is 0.158. The molecule has 25 heavy (non-hydrogen) atoms. The Balaban J connectivity index is 1.60. The SMILES string of the molecule is Cn1cc([C@H](O)C[C@H]2CCCN2c2nc(N)c3cnn(C)c3n2)cn1. The van der Waals surface area contributed by atoms with Gasteiger partial charge < -0.3 is 15.7 Å². The van der Waals surface area contributed by atoms with Gasteiger partial charge in [-0.3, -0.25) is 9.36 Å². The van der Waals surface area contributed by atoms with Gasteiger partial charge in [-0.05, 0) is 19.3 Å². The predicted molar refractivity (Wildman–Crippen MR) is 93.9 cm³/mol. The van der Waals surface area contributed by atoms with Crippen molar-refractivity contribution in [3.05, 3.63) is 24.2 Å². The zero-order valence-corrected chi connectivity index (χ0v) is 14.4. The van der Waals surface area contributed by atoms with Crippen LogP contribution in [0.5, 0.6) is 0 Å². The minimum Gasteiger partial charge on any atom is -0.388 e. The molecule has 4 rings (SSSR count). The standard InChI is InChI=1S/C16H22N8O/c1-22-9-10(7-18-22)13(25)6-11-4-3-5-24(11)16-20-14(17)12-8-19-23(2)15(12)21-16/h7-9,11,13,25H,3-6H2,1-2H3,(H2,17,20,21)/t11-,13-/m1/s1. The number of hydrogen-bond donors (Lipinski definition) is 2. The molecule has 1 aliphatic heterocycles. The Bertz CT molecular complexity index is 901. The normalized spacial score (nSPS) is 19.0. The Kier molecular flexibility index (Phi) is 3.79. The molecule has 3 N–H and O–H groups in total. The number of rotatable bonds is 4. The summed E-state index contributed by atoms with van der Waals surface area (Å²) in [7, 11) is 3.68. The molecule has 1 fully saturated rings. The van der Waals surface area contributed by atoms with Crippen LogP contribution in [0.15, 0.2) is 18.6 Å². The average molecular weight is 342 g/mol. The van der Waals surface area contributed by atoms with E-state index in [1.165, 1.54) is 0 Å². The summed E-state index contributed by atoms with van der Waals surface area (Å²) in [5.74, 6) is 1.04. The van der Waals surface area contributed by atoms with Crippen LogP contribution in [0.4, 0.5) is 11.8 Å². The van der Waals surface area contributed by atoms with Crippen LogP contribution in [0.3, 0.4) is 0 Å². The number of aryl methyl sites for hydroxylation is 2. The number of fused-ring (bicyclic) bond motifs is 1. The van der Waals surface area contributed by atoms with Gasteiger partial charge >= 0.3 is 0 Å². The predicted octanol–water partition coefficient (Wildman–Crippen LogP) is 0.771. The second-order valence-electron chi connectivity index (χ2n) is 6.60. The third-order valence-corrected chi connectivity index (χ3v) is 4.85. The molecule has 4 heterocycles. The molecule has 3 aromatic rings. The maximum absolute atomic E-state index is 10.5. The molecular weight excluding hydrogens is 320 g/mol. The summed E-state index contributed by atoms with van der Waals surface area (Å²) in [5, 5.41) is 19.6. The molecule has 0 aliphatic carbocycles. The fraction of sp³-hybridized carbons (Fsp3) is 0.500. The molecule has 2 atom stereocenters. The number of nitrogens with two attached hydrogens (primary N) is 1. The van der Waals surface area contributed by atoms with E-state index in [4.69, 9.17) is 5.73 Å². The summed E-state index contributed by atoms with van der Waals surface area (Å²) >= 11 is 0. The molecule has 0 bridgehead atoms. The van der Waals surface area contributed by atoms with Crippen molar-refractivity contribution in [2.45, 2.75) is 31.4 Å². The van der Waals surface area contributed by atoms with Crippen LogP contribution in [0.2, 0.25) is 0 Å². The van der Waals surface area contributed by atoms with Gasteiger partial charge in [0.25, 0.3) is 0 Å². The van der Waals surface area contributed by atoms with Crippen molar-refractivity contribution >= 4 is 22.8 Å². The number of aliphatic hydroxyl groups excluding tert-OH is 1. The van der Waals surface area contributed by atoms with E-state index >= 15 is 0 Å². The van der Waals surface area contributed by atoms with Crippen molar-refractivity contribution in [1.82, 2.24) is 29.5 Å². The van der Waals surface area contributed by atoms with Gasteiger partial charge in [0.15, 0.2) is 5.65 Å². The van der Waals surface area contributed by atoms with Crippen LogP contribution in [-0.4, -0.2) is 47.2 Å². The highest BCUT2D eigenvalue weighted by Crippen LogP contribution is 2.31. The number of aliphatic hydroxyl groups is 1. The summed E-state index contributed by atoms with van der Waals surface area (Å²) in [6, 6.07) is 0.167. The fourth-order valence-corrected chi connectivity index (χ4v) is 3.51. The van der Waals surface area contributed by atoms with E-state index in [-0.39, 0.29) is 6.04 Å². The van der Waals surface area contributed by atoms with Crippen molar-refractivity contribution in [2.75, 3.05) is 17.2 Å². The second-order valence-corrected chi connectivity index (χ2v) is 6.60. The first kappa shape index (κ1) is 15.8. The van der Waals surface area contributed by atoms with Gasteiger partial charge in [-0.2, -0.15) is 20.2 Å². The van der Waals surface area contributed by atoms with E-state index in [1.54, 1.807) is 21.8 Å². The Hall–Kier alpha value is -2.68. The van der Waals surface area contributed by atoms with Crippen molar-refractivity contribution in [2.24, 2.45) is 14.1 Å². The molecule has 0 spiro atoms. The molecule has 9 heteroatoms. The maximum atomic E-state index is 10.5. The van der Waals surface area contributed by atoms with Gasteiger partial charge in [0.1, 0.15) is 5.82 Å². The minimum atomic E-state index is -0.558. The van der Waals surface area contributed by atoms with Gasteiger partial charge in [-0.15, -0.1) is 0 Å². The molecule has 0 aromatic carbocycles. The third kappa shape index (κ3) is 2.80. The summed E-state index contributed by atoms with van der Waals surface area (Å²) in [6.07, 6.45) is 7.32. The summed E-state index contributed by atoms with van der Waals surface area (Å²) in [4.78, 5) is 11.3. The smallest absolute Gasteiger partial charge is 0.229 e. The van der Waals surface area contributed by atoms with Crippen LogP contribution in [0.25, 0.3) is 11.0 Å². The maximum Gasteiger partial charge on any atom is 0.229 e. The van der Waals surface area contributed by atoms with Crippen LogP contribution in [0.1, 0.15) is 30.9 Å². The first-order valence-corrected chi connectivity index (χ1v) is 8.41. The Morgan fingerprint density at radius 1 is 1.28 bits per heavy atom. The van der Waals surface area contributed by atoms with E-state index < -0.39 is 6.10 Å². The van der Waals surface area contributed by atoms with E-state index in [1.807, 2.05) is 20.3 Å². The first-order chi connectivity index (χ1) is 12.0.